The minimum absolute atomic E-state index is 0.267. The quantitative estimate of drug-likeness (QED) is 0.865. The Bertz CT molecular complexity index is 532. The van der Waals surface area contributed by atoms with E-state index < -0.39 is 0 Å². The molecular weight excluding hydrogens is 240 g/mol. The molecule has 0 unspecified atom stereocenters. The van der Waals surface area contributed by atoms with Gasteiger partial charge in [-0.25, -0.2) is 0 Å². The lowest BCUT2D eigenvalue weighted by atomic mass is 10.0. The first-order valence-corrected chi connectivity index (χ1v) is 6.35. The number of benzene rings is 2. The van der Waals surface area contributed by atoms with Crippen molar-refractivity contribution < 1.29 is 14.9 Å². The summed E-state index contributed by atoms with van der Waals surface area (Å²) < 4.78 is 5.33. The van der Waals surface area contributed by atoms with Crippen LogP contribution in [0.1, 0.15) is 23.6 Å². The number of rotatable bonds is 5. The van der Waals surface area contributed by atoms with E-state index in [0.717, 1.165) is 23.1 Å². The molecule has 19 heavy (non-hydrogen) atoms. The fraction of sp³-hybridized carbons (Fsp3) is 0.250. The maximum Gasteiger partial charge on any atom is 0.121 e. The third kappa shape index (κ3) is 3.73. The van der Waals surface area contributed by atoms with E-state index in [1.54, 1.807) is 18.2 Å². The number of aromatic hydroxyl groups is 2. The van der Waals surface area contributed by atoms with Gasteiger partial charge < -0.3 is 14.9 Å². The van der Waals surface area contributed by atoms with Crippen molar-refractivity contribution in [2.45, 2.75) is 20.0 Å². The van der Waals surface area contributed by atoms with Crippen LogP contribution in [0.5, 0.6) is 11.5 Å². The Morgan fingerprint density at radius 1 is 0.947 bits per heavy atom. The SMILES string of the molecule is CCOCc1cc(Cc2ccc(O)cc2)ccc1O. The maximum atomic E-state index is 9.75. The third-order valence-corrected chi connectivity index (χ3v) is 2.95. The Labute approximate surface area is 113 Å². The monoisotopic (exact) mass is 258 g/mol. The molecule has 0 aromatic heterocycles. The van der Waals surface area contributed by atoms with Crippen LogP contribution < -0.4 is 0 Å². The average Bonchev–Trinajstić information content (AvgIpc) is 2.42. The van der Waals surface area contributed by atoms with Gasteiger partial charge in [0.25, 0.3) is 0 Å². The highest BCUT2D eigenvalue weighted by Gasteiger charge is 2.04. The van der Waals surface area contributed by atoms with Gasteiger partial charge in [-0.3, -0.25) is 0 Å². The molecule has 0 amide bonds. The van der Waals surface area contributed by atoms with Gasteiger partial charge in [-0.2, -0.15) is 0 Å². The Hall–Kier alpha value is -2.00. The van der Waals surface area contributed by atoms with Crippen LogP contribution in [0.25, 0.3) is 0 Å². The molecule has 0 bridgehead atoms. The van der Waals surface area contributed by atoms with Gasteiger partial charge in [0, 0.05) is 12.2 Å². The van der Waals surface area contributed by atoms with Crippen molar-refractivity contribution in [1.29, 1.82) is 0 Å². The summed E-state index contributed by atoms with van der Waals surface area (Å²) in [6.45, 7) is 2.98. The summed E-state index contributed by atoms with van der Waals surface area (Å²) >= 11 is 0. The van der Waals surface area contributed by atoms with Crippen molar-refractivity contribution >= 4 is 0 Å². The lowest BCUT2D eigenvalue weighted by Gasteiger charge is -2.08. The highest BCUT2D eigenvalue weighted by molar-refractivity contribution is 5.38. The van der Waals surface area contributed by atoms with Crippen LogP contribution >= 0.6 is 0 Å². The first kappa shape index (κ1) is 13.4. The standard InChI is InChI=1S/C16H18O3/c1-2-19-11-14-10-13(5-8-16(14)18)9-12-3-6-15(17)7-4-12/h3-8,10,17-18H,2,9,11H2,1H3. The Kier molecular flexibility index (Phi) is 4.42. The maximum absolute atomic E-state index is 9.75. The number of phenolic OH excluding ortho intramolecular Hbond substituents is 2. The minimum Gasteiger partial charge on any atom is -0.508 e. The molecule has 0 aliphatic carbocycles. The van der Waals surface area contributed by atoms with Gasteiger partial charge in [-0.05, 0) is 48.7 Å². The van der Waals surface area contributed by atoms with Crippen LogP contribution in [-0.4, -0.2) is 16.8 Å². The Morgan fingerprint density at radius 3 is 2.32 bits per heavy atom. The van der Waals surface area contributed by atoms with E-state index in [2.05, 4.69) is 0 Å². The molecule has 0 saturated carbocycles. The van der Waals surface area contributed by atoms with Gasteiger partial charge in [0.1, 0.15) is 11.5 Å². The van der Waals surface area contributed by atoms with E-state index in [-0.39, 0.29) is 11.5 Å². The highest BCUT2D eigenvalue weighted by atomic mass is 16.5. The van der Waals surface area contributed by atoms with E-state index >= 15 is 0 Å². The molecule has 0 radical (unpaired) electrons. The van der Waals surface area contributed by atoms with Gasteiger partial charge in [-0.15, -0.1) is 0 Å². The topological polar surface area (TPSA) is 49.7 Å². The first-order valence-electron chi connectivity index (χ1n) is 6.35. The van der Waals surface area contributed by atoms with Crippen molar-refractivity contribution in [2.24, 2.45) is 0 Å². The molecule has 3 nitrogen and oxygen atoms in total. The van der Waals surface area contributed by atoms with Crippen LogP contribution in [0.4, 0.5) is 0 Å². The van der Waals surface area contributed by atoms with E-state index in [4.69, 9.17) is 4.74 Å². The van der Waals surface area contributed by atoms with E-state index in [0.29, 0.717) is 13.2 Å². The Morgan fingerprint density at radius 2 is 1.63 bits per heavy atom. The summed E-state index contributed by atoms with van der Waals surface area (Å²) in [6.07, 6.45) is 0.764. The molecule has 0 spiro atoms. The lowest BCUT2D eigenvalue weighted by molar-refractivity contribution is 0.132. The van der Waals surface area contributed by atoms with Gasteiger partial charge in [0.05, 0.1) is 6.61 Å². The van der Waals surface area contributed by atoms with Crippen molar-refractivity contribution in [2.75, 3.05) is 6.61 Å². The fourth-order valence-corrected chi connectivity index (χ4v) is 1.93. The number of phenols is 2. The number of ether oxygens (including phenoxy) is 1. The van der Waals surface area contributed by atoms with Gasteiger partial charge in [-0.1, -0.05) is 18.2 Å². The molecule has 0 aliphatic rings. The molecule has 100 valence electrons. The number of hydrogen-bond acceptors (Lipinski definition) is 3. The first-order chi connectivity index (χ1) is 9.19. The molecule has 2 N–H and O–H groups in total. The fourth-order valence-electron chi connectivity index (χ4n) is 1.93. The molecule has 2 aromatic carbocycles. The van der Waals surface area contributed by atoms with Gasteiger partial charge >= 0.3 is 0 Å². The highest BCUT2D eigenvalue weighted by Crippen LogP contribution is 2.21. The largest absolute Gasteiger partial charge is 0.508 e. The van der Waals surface area contributed by atoms with E-state index in [9.17, 15) is 10.2 Å². The second kappa shape index (κ2) is 6.25. The molecule has 0 heterocycles. The van der Waals surface area contributed by atoms with Crippen molar-refractivity contribution in [1.82, 2.24) is 0 Å². The predicted molar refractivity (Wildman–Crippen MR) is 74.3 cm³/mol. The minimum atomic E-state index is 0.267. The second-order valence-electron chi connectivity index (χ2n) is 4.44. The second-order valence-corrected chi connectivity index (χ2v) is 4.44. The third-order valence-electron chi connectivity index (χ3n) is 2.95. The van der Waals surface area contributed by atoms with Gasteiger partial charge in [0.15, 0.2) is 0 Å². The molecule has 2 aromatic rings. The summed E-state index contributed by atoms with van der Waals surface area (Å²) in [6, 6.07) is 12.7. The molecule has 0 aliphatic heterocycles. The average molecular weight is 258 g/mol. The van der Waals surface area contributed by atoms with Crippen LogP contribution in [0.15, 0.2) is 42.5 Å². The smallest absolute Gasteiger partial charge is 0.121 e. The zero-order chi connectivity index (χ0) is 13.7. The van der Waals surface area contributed by atoms with Crippen LogP contribution in [0.2, 0.25) is 0 Å². The zero-order valence-electron chi connectivity index (χ0n) is 11.0. The van der Waals surface area contributed by atoms with Crippen LogP contribution in [0, 0.1) is 0 Å². The summed E-state index contributed by atoms with van der Waals surface area (Å²) in [4.78, 5) is 0. The van der Waals surface area contributed by atoms with E-state index in [1.165, 1.54) is 0 Å². The van der Waals surface area contributed by atoms with Crippen molar-refractivity contribution in [3.63, 3.8) is 0 Å². The summed E-state index contributed by atoms with van der Waals surface area (Å²) in [5.74, 6) is 0.536. The van der Waals surface area contributed by atoms with Crippen LogP contribution in [-0.2, 0) is 17.8 Å². The van der Waals surface area contributed by atoms with Crippen molar-refractivity contribution in [3.8, 4) is 11.5 Å². The van der Waals surface area contributed by atoms with Gasteiger partial charge in [0.2, 0.25) is 0 Å². The molecular formula is C16H18O3. The zero-order valence-corrected chi connectivity index (χ0v) is 11.0. The summed E-state index contributed by atoms with van der Waals surface area (Å²) in [7, 11) is 0. The Balaban J connectivity index is 2.14. The normalized spacial score (nSPS) is 10.6. The van der Waals surface area contributed by atoms with Crippen molar-refractivity contribution in [3.05, 3.63) is 59.2 Å². The van der Waals surface area contributed by atoms with Crippen LogP contribution in [0.3, 0.4) is 0 Å². The summed E-state index contributed by atoms with van der Waals surface area (Å²) in [5.41, 5.74) is 3.03. The molecule has 2 rings (SSSR count). The van der Waals surface area contributed by atoms with E-state index in [1.807, 2.05) is 31.2 Å². The molecule has 3 heteroatoms. The molecule has 0 saturated heterocycles. The molecule has 0 atom stereocenters. The lowest BCUT2D eigenvalue weighted by Crippen LogP contribution is -1.95. The summed E-state index contributed by atoms with van der Waals surface area (Å²) in [5, 5.41) is 19.0. The molecule has 0 fully saturated rings. The number of hydrogen-bond donors (Lipinski definition) is 2. The predicted octanol–water partition coefficient (Wildman–Crippen LogP) is 3.23.